The molecule has 1 aromatic rings. The molecule has 1 heterocycles. The van der Waals surface area contributed by atoms with E-state index in [1.54, 1.807) is 7.05 Å². The van der Waals surface area contributed by atoms with Crippen molar-refractivity contribution in [1.29, 1.82) is 0 Å². The fourth-order valence-electron chi connectivity index (χ4n) is 2.83. The summed E-state index contributed by atoms with van der Waals surface area (Å²) in [6.45, 7) is 9.16. The maximum Gasteiger partial charge on any atom is 0.222 e. The van der Waals surface area contributed by atoms with E-state index in [-0.39, 0.29) is 11.8 Å². The molecule has 0 spiro atoms. The van der Waals surface area contributed by atoms with E-state index in [1.807, 2.05) is 13.8 Å². The minimum atomic E-state index is 0.0173. The summed E-state index contributed by atoms with van der Waals surface area (Å²) in [7, 11) is 1.77. The van der Waals surface area contributed by atoms with E-state index in [0.29, 0.717) is 19.1 Å². The third-order valence-electron chi connectivity index (χ3n) is 4.39. The fraction of sp³-hybridized carbons (Fsp3) is 0.579. The Morgan fingerprint density at radius 1 is 1.24 bits per heavy atom. The van der Waals surface area contributed by atoms with Gasteiger partial charge in [-0.15, -0.1) is 0 Å². The van der Waals surface area contributed by atoms with Crippen molar-refractivity contribution in [2.24, 2.45) is 10.9 Å². The Kier molecular flexibility index (Phi) is 7.10. The molecule has 0 aliphatic carbocycles. The van der Waals surface area contributed by atoms with E-state index in [0.717, 1.165) is 25.5 Å². The van der Waals surface area contributed by atoms with E-state index in [9.17, 15) is 4.79 Å². The number of amides is 1. The van der Waals surface area contributed by atoms with Gasteiger partial charge in [0.25, 0.3) is 0 Å². The molecule has 25 heavy (non-hydrogen) atoms. The molecule has 1 aromatic carbocycles. The van der Waals surface area contributed by atoms with Crippen molar-refractivity contribution >= 4 is 17.6 Å². The number of anilines is 1. The molecule has 1 unspecified atom stereocenters. The summed E-state index contributed by atoms with van der Waals surface area (Å²) < 4.78 is 0. The lowest BCUT2D eigenvalue weighted by atomic mass is 10.2. The van der Waals surface area contributed by atoms with Crippen LogP contribution >= 0.6 is 0 Å². The number of aryl methyl sites for hydroxylation is 1. The molecule has 1 saturated heterocycles. The van der Waals surface area contributed by atoms with Crippen LogP contribution in [-0.2, 0) is 4.79 Å². The number of rotatable bonds is 6. The molecular weight excluding hydrogens is 314 g/mol. The molecule has 0 aromatic heterocycles. The van der Waals surface area contributed by atoms with Crippen LogP contribution in [0.5, 0.6) is 0 Å². The molecule has 2 rings (SSSR count). The van der Waals surface area contributed by atoms with Crippen LogP contribution in [0.25, 0.3) is 0 Å². The van der Waals surface area contributed by atoms with Gasteiger partial charge in [-0.25, -0.2) is 0 Å². The molecule has 1 atom stereocenters. The second-order valence-electron chi connectivity index (χ2n) is 6.86. The quantitative estimate of drug-likeness (QED) is 0.415. The minimum absolute atomic E-state index is 0.0173. The van der Waals surface area contributed by atoms with Crippen molar-refractivity contribution in [3.8, 4) is 0 Å². The Bertz CT molecular complexity index is 582. The standard InChI is InChI=1S/C19H31N5O/c1-14(2)18(25)21-10-11-22-19(20-4)23-16-9-12-24(13-16)17-7-5-15(3)6-8-17/h5-8,14,16H,9-13H2,1-4H3,(H,21,25)(H2,20,22,23). The Labute approximate surface area is 151 Å². The molecule has 0 radical (unpaired) electrons. The lowest BCUT2D eigenvalue weighted by molar-refractivity contribution is -0.123. The first kappa shape index (κ1) is 19.1. The summed E-state index contributed by atoms with van der Waals surface area (Å²) in [5.41, 5.74) is 2.56. The molecule has 0 bridgehead atoms. The number of hydrogen-bond acceptors (Lipinski definition) is 3. The van der Waals surface area contributed by atoms with Crippen LogP contribution in [0.2, 0.25) is 0 Å². The highest BCUT2D eigenvalue weighted by Crippen LogP contribution is 2.20. The molecule has 0 saturated carbocycles. The Morgan fingerprint density at radius 2 is 1.92 bits per heavy atom. The van der Waals surface area contributed by atoms with E-state index < -0.39 is 0 Å². The van der Waals surface area contributed by atoms with Crippen molar-refractivity contribution in [2.45, 2.75) is 33.2 Å². The smallest absolute Gasteiger partial charge is 0.222 e. The zero-order valence-electron chi connectivity index (χ0n) is 15.8. The predicted molar refractivity (Wildman–Crippen MR) is 104 cm³/mol. The van der Waals surface area contributed by atoms with Gasteiger partial charge in [-0.1, -0.05) is 31.5 Å². The zero-order chi connectivity index (χ0) is 18.2. The van der Waals surface area contributed by atoms with Gasteiger partial charge in [0.2, 0.25) is 5.91 Å². The number of nitrogens with zero attached hydrogens (tertiary/aromatic N) is 2. The lowest BCUT2D eigenvalue weighted by Gasteiger charge is -2.20. The maximum atomic E-state index is 11.5. The average Bonchev–Trinajstić information content (AvgIpc) is 3.06. The number of carbonyl (C=O) groups is 1. The van der Waals surface area contributed by atoms with Crippen molar-refractivity contribution in [3.63, 3.8) is 0 Å². The predicted octanol–water partition coefficient (Wildman–Crippen LogP) is 1.51. The first-order valence-electron chi connectivity index (χ1n) is 9.06. The normalized spacial score (nSPS) is 17.7. The van der Waals surface area contributed by atoms with Crippen LogP contribution < -0.4 is 20.9 Å². The second-order valence-corrected chi connectivity index (χ2v) is 6.86. The third kappa shape index (κ3) is 5.96. The number of aliphatic imine (C=N–C) groups is 1. The van der Waals surface area contributed by atoms with Crippen molar-refractivity contribution < 1.29 is 4.79 Å². The highest BCUT2D eigenvalue weighted by Gasteiger charge is 2.23. The van der Waals surface area contributed by atoms with E-state index in [1.165, 1.54) is 11.3 Å². The van der Waals surface area contributed by atoms with Gasteiger partial charge >= 0.3 is 0 Å². The molecule has 6 heteroatoms. The summed E-state index contributed by atoms with van der Waals surface area (Å²) in [5.74, 6) is 0.882. The third-order valence-corrected chi connectivity index (χ3v) is 4.39. The topological polar surface area (TPSA) is 68.8 Å². The Balaban J connectivity index is 1.73. The average molecular weight is 345 g/mol. The first-order valence-corrected chi connectivity index (χ1v) is 9.06. The van der Waals surface area contributed by atoms with Crippen LogP contribution in [0.1, 0.15) is 25.8 Å². The first-order chi connectivity index (χ1) is 12.0. The summed E-state index contributed by atoms with van der Waals surface area (Å²) in [6, 6.07) is 9.05. The molecule has 6 nitrogen and oxygen atoms in total. The van der Waals surface area contributed by atoms with Crippen LogP contribution in [0.15, 0.2) is 29.3 Å². The number of nitrogens with one attached hydrogen (secondary N) is 3. The number of guanidine groups is 1. The van der Waals surface area contributed by atoms with Crippen molar-refractivity contribution in [1.82, 2.24) is 16.0 Å². The molecule has 1 amide bonds. The monoisotopic (exact) mass is 345 g/mol. The molecule has 138 valence electrons. The van der Waals surface area contributed by atoms with Crippen LogP contribution in [0, 0.1) is 12.8 Å². The summed E-state index contributed by atoms with van der Waals surface area (Å²) in [5, 5.41) is 9.63. The highest BCUT2D eigenvalue weighted by molar-refractivity contribution is 5.80. The van der Waals surface area contributed by atoms with Gasteiger partial charge in [0.1, 0.15) is 0 Å². The molecule has 1 aliphatic heterocycles. The van der Waals surface area contributed by atoms with E-state index >= 15 is 0 Å². The number of benzene rings is 1. The maximum absolute atomic E-state index is 11.5. The number of carbonyl (C=O) groups excluding carboxylic acids is 1. The van der Waals surface area contributed by atoms with Crippen molar-refractivity contribution in [2.75, 3.05) is 38.1 Å². The van der Waals surface area contributed by atoms with Gasteiger partial charge in [-0.05, 0) is 25.5 Å². The Morgan fingerprint density at radius 3 is 2.56 bits per heavy atom. The highest BCUT2D eigenvalue weighted by atomic mass is 16.1. The Hall–Kier alpha value is -2.24. The molecular formula is C19H31N5O. The largest absolute Gasteiger partial charge is 0.369 e. The van der Waals surface area contributed by atoms with Gasteiger partial charge < -0.3 is 20.9 Å². The summed E-state index contributed by atoms with van der Waals surface area (Å²) in [4.78, 5) is 18.2. The second kappa shape index (κ2) is 9.30. The molecule has 1 fully saturated rings. The minimum Gasteiger partial charge on any atom is -0.369 e. The lowest BCUT2D eigenvalue weighted by Crippen LogP contribution is -2.46. The SMILES string of the molecule is CN=C(NCCNC(=O)C(C)C)NC1CCN(c2ccc(C)cc2)C1. The van der Waals surface area contributed by atoms with Gasteiger partial charge in [0.05, 0.1) is 0 Å². The van der Waals surface area contributed by atoms with E-state index in [4.69, 9.17) is 0 Å². The van der Waals surface area contributed by atoms with Crippen LogP contribution in [0.4, 0.5) is 5.69 Å². The summed E-state index contributed by atoms with van der Waals surface area (Å²) >= 11 is 0. The van der Waals surface area contributed by atoms with Crippen molar-refractivity contribution in [3.05, 3.63) is 29.8 Å². The van der Waals surface area contributed by atoms with Gasteiger partial charge in [-0.2, -0.15) is 0 Å². The van der Waals surface area contributed by atoms with Crippen LogP contribution in [0.3, 0.4) is 0 Å². The van der Waals surface area contributed by atoms with Gasteiger partial charge in [-0.3, -0.25) is 9.79 Å². The van der Waals surface area contributed by atoms with Gasteiger partial charge in [0.15, 0.2) is 5.96 Å². The molecule has 3 N–H and O–H groups in total. The summed E-state index contributed by atoms with van der Waals surface area (Å²) in [6.07, 6.45) is 1.08. The fourth-order valence-corrected chi connectivity index (χ4v) is 2.83. The number of hydrogen-bond donors (Lipinski definition) is 3. The van der Waals surface area contributed by atoms with Gasteiger partial charge in [0, 0.05) is 50.9 Å². The van der Waals surface area contributed by atoms with E-state index in [2.05, 4.69) is 57.0 Å². The molecule has 1 aliphatic rings. The van der Waals surface area contributed by atoms with Crippen LogP contribution in [-0.4, -0.2) is 51.1 Å². The zero-order valence-corrected chi connectivity index (χ0v) is 15.8.